The van der Waals surface area contributed by atoms with Gasteiger partial charge >= 0.3 is 6.18 Å². The van der Waals surface area contributed by atoms with Gasteiger partial charge in [-0.05, 0) is 30.3 Å². The molecule has 3 heterocycles. The van der Waals surface area contributed by atoms with Crippen molar-refractivity contribution < 1.29 is 22.4 Å². The summed E-state index contributed by atoms with van der Waals surface area (Å²) in [6.07, 6.45) is -2.40. The number of H-pyrrole nitrogens is 1. The number of hydrogen-bond acceptors (Lipinski definition) is 7. The van der Waals surface area contributed by atoms with E-state index < -0.39 is 17.3 Å². The summed E-state index contributed by atoms with van der Waals surface area (Å²) in [6.45, 7) is 0. The van der Waals surface area contributed by atoms with Crippen LogP contribution in [0, 0.1) is 0 Å². The zero-order valence-corrected chi connectivity index (χ0v) is 17.7. The van der Waals surface area contributed by atoms with Gasteiger partial charge in [0, 0.05) is 29.6 Å². The minimum Gasteiger partial charge on any atom is -0.439 e. The third-order valence-electron chi connectivity index (χ3n) is 4.90. The first-order valence-corrected chi connectivity index (χ1v) is 10.2. The average molecular weight is 477 g/mol. The lowest BCUT2D eigenvalue weighted by atomic mass is 10.2. The van der Waals surface area contributed by atoms with E-state index in [4.69, 9.17) is 9.26 Å². The topological polar surface area (TPSA) is 107 Å². The van der Waals surface area contributed by atoms with Crippen molar-refractivity contribution in [2.24, 2.45) is 0 Å². The molecule has 0 radical (unpaired) electrons. The molecule has 0 saturated heterocycles. The van der Waals surface area contributed by atoms with E-state index in [1.807, 2.05) is 30.3 Å². The number of benzene rings is 2. The zero-order chi connectivity index (χ0) is 24.4. The molecular formula is C24H14F3N5O3. The molecule has 2 aromatic carbocycles. The van der Waals surface area contributed by atoms with Gasteiger partial charge in [0.15, 0.2) is 0 Å². The number of ether oxygens (including phenoxy) is 1. The molecule has 0 fully saturated rings. The van der Waals surface area contributed by atoms with Gasteiger partial charge in [-0.1, -0.05) is 35.5 Å². The van der Waals surface area contributed by atoms with E-state index >= 15 is 0 Å². The third-order valence-corrected chi connectivity index (χ3v) is 4.90. The summed E-state index contributed by atoms with van der Waals surface area (Å²) in [4.78, 5) is 27.5. The van der Waals surface area contributed by atoms with Crippen molar-refractivity contribution in [3.05, 3.63) is 95.0 Å². The highest BCUT2D eigenvalue weighted by Gasteiger charge is 2.30. The predicted octanol–water partition coefficient (Wildman–Crippen LogP) is 5.36. The third kappa shape index (κ3) is 4.78. The molecule has 5 aromatic rings. The molecule has 0 aliphatic carbocycles. The summed E-state index contributed by atoms with van der Waals surface area (Å²) in [6, 6.07) is 17.6. The van der Waals surface area contributed by atoms with Crippen molar-refractivity contribution in [2.75, 3.05) is 0 Å². The summed E-state index contributed by atoms with van der Waals surface area (Å²) >= 11 is 0. The smallest absolute Gasteiger partial charge is 0.417 e. The second-order valence-corrected chi connectivity index (χ2v) is 7.27. The molecule has 0 aliphatic rings. The van der Waals surface area contributed by atoms with Gasteiger partial charge in [-0.3, -0.25) is 4.79 Å². The maximum absolute atomic E-state index is 12.6. The highest BCUT2D eigenvalue weighted by Crippen LogP contribution is 2.30. The molecule has 0 amide bonds. The second-order valence-electron chi connectivity index (χ2n) is 7.27. The van der Waals surface area contributed by atoms with Gasteiger partial charge in [-0.25, -0.2) is 9.97 Å². The van der Waals surface area contributed by atoms with E-state index in [0.29, 0.717) is 23.3 Å². The highest BCUT2D eigenvalue weighted by molar-refractivity contribution is 5.61. The van der Waals surface area contributed by atoms with Crippen LogP contribution < -0.4 is 10.3 Å². The molecule has 0 saturated carbocycles. The maximum atomic E-state index is 12.6. The fourth-order valence-corrected chi connectivity index (χ4v) is 3.14. The summed E-state index contributed by atoms with van der Waals surface area (Å²) in [5.41, 5.74) is 0.157. The molecule has 11 heteroatoms. The van der Waals surface area contributed by atoms with Gasteiger partial charge in [0.05, 0.1) is 5.56 Å². The molecule has 8 nitrogen and oxygen atoms in total. The molecule has 0 aliphatic heterocycles. The fraction of sp³-hybridized carbons (Fsp3) is 0.0417. The van der Waals surface area contributed by atoms with Crippen molar-refractivity contribution in [3.8, 4) is 45.9 Å². The van der Waals surface area contributed by atoms with Crippen LogP contribution in [0.1, 0.15) is 5.56 Å². The number of nitrogens with one attached hydrogen (secondary N) is 1. The van der Waals surface area contributed by atoms with Gasteiger partial charge in [-0.15, -0.1) is 0 Å². The summed E-state index contributed by atoms with van der Waals surface area (Å²) in [7, 11) is 0. The monoisotopic (exact) mass is 477 g/mol. The van der Waals surface area contributed by atoms with Crippen molar-refractivity contribution in [3.63, 3.8) is 0 Å². The summed E-state index contributed by atoms with van der Waals surface area (Å²) in [5, 5.41) is 3.90. The number of alkyl halides is 3. The van der Waals surface area contributed by atoms with Crippen molar-refractivity contribution in [1.29, 1.82) is 0 Å². The molecular weight excluding hydrogens is 463 g/mol. The molecule has 0 spiro atoms. The Morgan fingerprint density at radius 2 is 1.63 bits per heavy atom. The normalized spacial score (nSPS) is 11.4. The first-order chi connectivity index (χ1) is 16.9. The molecule has 0 bridgehead atoms. The van der Waals surface area contributed by atoms with Gasteiger partial charge in [-0.2, -0.15) is 18.2 Å². The number of nitrogens with zero attached hydrogens (tertiary/aromatic N) is 4. The van der Waals surface area contributed by atoms with Crippen LogP contribution in [0.4, 0.5) is 13.2 Å². The van der Waals surface area contributed by atoms with Crippen LogP contribution in [0.3, 0.4) is 0 Å². The minimum atomic E-state index is -4.47. The minimum absolute atomic E-state index is 0.00245. The molecule has 5 rings (SSSR count). The number of halogens is 3. The lowest BCUT2D eigenvalue weighted by Gasteiger charge is -2.08. The Morgan fingerprint density at radius 3 is 2.29 bits per heavy atom. The Kier molecular flexibility index (Phi) is 5.57. The Bertz CT molecular complexity index is 1510. The van der Waals surface area contributed by atoms with E-state index in [0.717, 1.165) is 17.7 Å². The van der Waals surface area contributed by atoms with Crippen LogP contribution >= 0.6 is 0 Å². The fourth-order valence-electron chi connectivity index (χ4n) is 3.14. The van der Waals surface area contributed by atoms with Crippen LogP contribution in [-0.4, -0.2) is 25.1 Å². The van der Waals surface area contributed by atoms with E-state index in [1.54, 1.807) is 24.3 Å². The van der Waals surface area contributed by atoms with Gasteiger partial charge in [0.1, 0.15) is 17.1 Å². The molecule has 35 heavy (non-hydrogen) atoms. The Balaban J connectivity index is 1.31. The second kappa shape index (κ2) is 8.86. The molecule has 174 valence electrons. The van der Waals surface area contributed by atoms with Gasteiger partial charge < -0.3 is 14.2 Å². The van der Waals surface area contributed by atoms with E-state index in [2.05, 4.69) is 25.1 Å². The van der Waals surface area contributed by atoms with Crippen LogP contribution in [0.15, 0.2) is 88.4 Å². The van der Waals surface area contributed by atoms with Crippen molar-refractivity contribution in [1.82, 2.24) is 25.1 Å². The lowest BCUT2D eigenvalue weighted by molar-refractivity contribution is -0.137. The first-order valence-electron chi connectivity index (χ1n) is 10.2. The SMILES string of the molecule is O=c1[nH]c(-c2ccccc2)ncc1-c1nc(-c2ccc(Oc3ccc(C(F)(F)F)cn3)cc2)no1. The van der Waals surface area contributed by atoms with Gasteiger partial charge in [0.2, 0.25) is 11.7 Å². The molecule has 1 N–H and O–H groups in total. The summed E-state index contributed by atoms with van der Waals surface area (Å²) in [5.74, 6) is 1.01. The first kappa shape index (κ1) is 22.0. The number of aromatic amines is 1. The molecule has 3 aromatic heterocycles. The van der Waals surface area contributed by atoms with Crippen LogP contribution in [-0.2, 0) is 6.18 Å². The van der Waals surface area contributed by atoms with Crippen molar-refractivity contribution >= 4 is 0 Å². The van der Waals surface area contributed by atoms with Crippen LogP contribution in [0.25, 0.3) is 34.2 Å². The quantitative estimate of drug-likeness (QED) is 0.363. The van der Waals surface area contributed by atoms with Crippen molar-refractivity contribution in [2.45, 2.75) is 6.18 Å². The molecule has 0 atom stereocenters. The maximum Gasteiger partial charge on any atom is 0.417 e. The number of aromatic nitrogens is 5. The lowest BCUT2D eigenvalue weighted by Crippen LogP contribution is -2.11. The standard InChI is InChI=1S/C24H14F3N5O3/c25-24(26,27)16-8-11-19(28-12-16)34-17-9-6-15(7-10-17)21-31-23(35-32-21)18-13-29-20(30-22(18)33)14-4-2-1-3-5-14/h1-13H,(H,29,30,33). The van der Waals surface area contributed by atoms with Crippen LogP contribution in [0.2, 0.25) is 0 Å². The Hall–Kier alpha value is -4.80. The van der Waals surface area contributed by atoms with E-state index in [9.17, 15) is 18.0 Å². The Labute approximate surface area is 195 Å². The average Bonchev–Trinajstić information content (AvgIpc) is 3.35. The number of rotatable bonds is 5. The number of pyridine rings is 1. The highest BCUT2D eigenvalue weighted by atomic mass is 19.4. The zero-order valence-electron chi connectivity index (χ0n) is 17.7. The summed E-state index contributed by atoms with van der Waals surface area (Å²) < 4.78 is 48.7. The predicted molar refractivity (Wildman–Crippen MR) is 118 cm³/mol. The van der Waals surface area contributed by atoms with E-state index in [-0.39, 0.29) is 23.2 Å². The number of hydrogen-bond donors (Lipinski definition) is 1. The van der Waals surface area contributed by atoms with Gasteiger partial charge in [0.25, 0.3) is 11.4 Å². The Morgan fingerprint density at radius 1 is 0.857 bits per heavy atom. The van der Waals surface area contributed by atoms with E-state index in [1.165, 1.54) is 6.20 Å². The van der Waals surface area contributed by atoms with Crippen LogP contribution in [0.5, 0.6) is 11.6 Å². The molecule has 0 unspecified atom stereocenters. The largest absolute Gasteiger partial charge is 0.439 e.